The molecule has 1 aromatic heterocycles. The maximum absolute atomic E-state index is 10.6. The van der Waals surface area contributed by atoms with Crippen molar-refractivity contribution in [3.8, 4) is 5.75 Å². The molecule has 1 aliphatic rings. The molecule has 0 saturated carbocycles. The van der Waals surface area contributed by atoms with E-state index in [0.29, 0.717) is 0 Å². The van der Waals surface area contributed by atoms with Crippen molar-refractivity contribution in [3.63, 3.8) is 0 Å². The van der Waals surface area contributed by atoms with Crippen LogP contribution in [0.3, 0.4) is 0 Å². The molecule has 2 rings (SSSR count). The number of allylic oxidation sites excluding steroid dienone is 2. The third-order valence-electron chi connectivity index (χ3n) is 2.06. The number of carboxylic acid groups (broad SMARTS) is 2. The van der Waals surface area contributed by atoms with E-state index < -0.39 is 46.0 Å². The number of aromatic nitrogens is 1. The second kappa shape index (κ2) is 17.0. The number of aliphatic carboxylic acids is 1. The van der Waals surface area contributed by atoms with Crippen molar-refractivity contribution in [3.05, 3.63) is 53.5 Å². The number of aliphatic hydroxyl groups is 1. The van der Waals surface area contributed by atoms with Gasteiger partial charge in [0.1, 0.15) is 0 Å². The predicted molar refractivity (Wildman–Crippen MR) is 76.3 cm³/mol. The number of nitrogens with zero attached hydrogens (tertiary/aromatic N) is 2. The molecule has 0 aromatic carbocycles. The molecule has 26 heavy (non-hydrogen) atoms. The molecular formula is C12H17N2O11V-2. The van der Waals surface area contributed by atoms with Crippen LogP contribution in [0.1, 0.15) is 11.9 Å². The van der Waals surface area contributed by atoms with Crippen molar-refractivity contribution in [1.29, 1.82) is 0 Å². The van der Waals surface area contributed by atoms with Crippen LogP contribution in [0.25, 0.3) is 5.32 Å². The van der Waals surface area contributed by atoms with Crippen molar-refractivity contribution in [2.24, 2.45) is 0 Å². The van der Waals surface area contributed by atoms with Crippen molar-refractivity contribution in [1.82, 2.24) is 4.98 Å². The van der Waals surface area contributed by atoms with E-state index in [2.05, 4.69) is 10.3 Å². The summed E-state index contributed by atoms with van der Waals surface area (Å²) in [6.45, 7) is 0. The zero-order chi connectivity index (χ0) is 17.8. The van der Waals surface area contributed by atoms with Gasteiger partial charge in [0.15, 0.2) is 0 Å². The summed E-state index contributed by atoms with van der Waals surface area (Å²) in [6, 6.07) is 1.28. The van der Waals surface area contributed by atoms with E-state index in [1.54, 1.807) is 0 Å². The summed E-state index contributed by atoms with van der Waals surface area (Å²) in [5.74, 6) is -3.84. The molecule has 13 nitrogen and oxygen atoms in total. The average Bonchev–Trinajstić information content (AvgIpc) is 2.49. The summed E-state index contributed by atoms with van der Waals surface area (Å²) in [7, 11) is 0. The molecule has 9 N–H and O–H groups in total. The van der Waals surface area contributed by atoms with E-state index in [1.165, 1.54) is 30.6 Å². The van der Waals surface area contributed by atoms with Gasteiger partial charge in [0.05, 0.1) is 17.4 Å². The zero-order valence-electron chi connectivity index (χ0n) is 13.8. The molecule has 0 fully saturated rings. The summed E-state index contributed by atoms with van der Waals surface area (Å²) in [5, 5.41) is 43.0. The predicted octanol–water partition coefficient (Wildman–Crippen LogP) is -5.34. The Labute approximate surface area is 155 Å². The molecule has 0 amide bonds. The molecule has 1 unspecified atom stereocenters. The Morgan fingerprint density at radius 1 is 1.31 bits per heavy atom. The van der Waals surface area contributed by atoms with E-state index >= 15 is 0 Å². The number of aromatic carboxylic acids is 1. The van der Waals surface area contributed by atoms with Crippen LogP contribution in [-0.2, 0) is 25.1 Å². The SMILES string of the molecule is O.O.O.O=C([O-])C1[N-]C=CC=C1O.O=C([O-])c1ncccc1[O-].[H+].[O]=[V][OH2+]. The van der Waals surface area contributed by atoms with Gasteiger partial charge >= 0.3 is 25.7 Å². The van der Waals surface area contributed by atoms with Crippen LogP contribution >= 0.6 is 0 Å². The molecule has 0 spiro atoms. The summed E-state index contributed by atoms with van der Waals surface area (Å²) in [5.41, 5.74) is -0.539. The van der Waals surface area contributed by atoms with Crippen LogP contribution in [0.2, 0.25) is 0 Å². The Morgan fingerprint density at radius 2 is 1.85 bits per heavy atom. The number of carboxylic acids is 2. The molecule has 1 aromatic rings. The molecule has 148 valence electrons. The van der Waals surface area contributed by atoms with Gasteiger partial charge in [-0.3, -0.25) is 4.98 Å². The topological polar surface area (TPSA) is 285 Å². The Bertz CT molecular complexity index is 627. The molecular weight excluding hydrogens is 399 g/mol. The third kappa shape index (κ3) is 11.7. The number of rotatable bonds is 2. The van der Waals surface area contributed by atoms with Crippen LogP contribution in [0, 0.1) is 0 Å². The first kappa shape index (κ1) is 31.0. The normalized spacial score (nSPS) is 13.0. The second-order valence-electron chi connectivity index (χ2n) is 3.53. The Morgan fingerprint density at radius 3 is 2.15 bits per heavy atom. The van der Waals surface area contributed by atoms with Gasteiger partial charge in [-0.25, -0.2) is 0 Å². The fourth-order valence-corrected chi connectivity index (χ4v) is 1.17. The van der Waals surface area contributed by atoms with E-state index in [0.717, 1.165) is 6.07 Å². The van der Waals surface area contributed by atoms with E-state index in [9.17, 15) is 24.9 Å². The van der Waals surface area contributed by atoms with Crippen LogP contribution in [0.15, 0.2) is 42.4 Å². The molecule has 0 saturated heterocycles. The summed E-state index contributed by atoms with van der Waals surface area (Å²) in [4.78, 5) is 23.5. The van der Waals surface area contributed by atoms with Gasteiger partial charge in [0.2, 0.25) is 0 Å². The summed E-state index contributed by atoms with van der Waals surface area (Å²) < 4.78 is 14.4. The van der Waals surface area contributed by atoms with Gasteiger partial charge in [-0.05, 0) is 18.2 Å². The van der Waals surface area contributed by atoms with Crippen molar-refractivity contribution in [2.75, 3.05) is 0 Å². The number of hydrogen-bond acceptors (Lipinski definition) is 8. The van der Waals surface area contributed by atoms with E-state index in [-0.39, 0.29) is 23.6 Å². The monoisotopic (exact) mass is 416 g/mol. The number of carbonyl (C=O) groups excluding carboxylic acids is 2. The average molecular weight is 416 g/mol. The van der Waals surface area contributed by atoms with Crippen LogP contribution in [0.4, 0.5) is 0 Å². The second-order valence-corrected chi connectivity index (χ2v) is 3.82. The van der Waals surface area contributed by atoms with E-state index in [4.69, 9.17) is 12.8 Å². The molecule has 2 heterocycles. The van der Waals surface area contributed by atoms with Gasteiger partial charge in [-0.2, -0.15) is 6.20 Å². The third-order valence-corrected chi connectivity index (χ3v) is 2.06. The number of aliphatic hydroxyl groups excluding tert-OH is 1. The summed E-state index contributed by atoms with van der Waals surface area (Å²) in [6.07, 6.45) is 5.26. The van der Waals surface area contributed by atoms with Gasteiger partial charge in [-0.15, -0.1) is 0 Å². The van der Waals surface area contributed by atoms with Crippen LogP contribution in [-0.4, -0.2) is 48.5 Å². The van der Waals surface area contributed by atoms with Crippen LogP contribution < -0.4 is 15.3 Å². The number of hydrogen-bond donors (Lipinski definition) is 1. The fraction of sp³-hybridized carbons (Fsp3) is 0.0833. The van der Waals surface area contributed by atoms with Gasteiger partial charge in [-0.1, -0.05) is 17.9 Å². The molecule has 0 radical (unpaired) electrons. The Kier molecular flexibility index (Phi) is 20.3. The maximum atomic E-state index is 10.6. The van der Waals surface area contributed by atoms with Gasteiger partial charge < -0.3 is 51.8 Å². The molecule has 0 aliphatic carbocycles. The molecule has 0 bridgehead atoms. The first-order valence-corrected chi connectivity index (χ1v) is 6.91. The number of carbonyl (C=O) groups is 2. The van der Waals surface area contributed by atoms with Crippen LogP contribution in [0.5, 0.6) is 5.75 Å². The van der Waals surface area contributed by atoms with Crippen molar-refractivity contribution >= 4 is 11.9 Å². The van der Waals surface area contributed by atoms with Gasteiger partial charge in [0.25, 0.3) is 0 Å². The minimum absolute atomic E-state index is 0. The Balaban J connectivity index is -0.0000000924. The van der Waals surface area contributed by atoms with Crippen molar-refractivity contribution < 1.29 is 72.2 Å². The first-order valence-electron chi connectivity index (χ1n) is 5.64. The van der Waals surface area contributed by atoms with Gasteiger partial charge in [0, 0.05) is 12.2 Å². The molecule has 1 aliphatic heterocycles. The van der Waals surface area contributed by atoms with E-state index in [1.807, 2.05) is 0 Å². The quantitative estimate of drug-likeness (QED) is 0.453. The first-order chi connectivity index (χ1) is 10.8. The minimum atomic E-state index is -1.54. The number of pyridine rings is 1. The zero-order valence-corrected chi connectivity index (χ0v) is 14.2. The van der Waals surface area contributed by atoms with Crippen molar-refractivity contribution in [2.45, 2.75) is 6.04 Å². The standard InChI is InChI=1S/C6H6NO3.C6H5NO3.4H2O.O.V/c2*8-4-2-1-3-7-5(4)6(9)10;;;;;;/h1-3,5,8H,(H,9,10);1-3,8H,(H,9,10);4*1H2;;/q-1;;;;;;;+1/p-2. The molecule has 1 atom stereocenters. The summed E-state index contributed by atoms with van der Waals surface area (Å²) >= 11 is -1.31. The Hall–Kier alpha value is -2.81. The fourth-order valence-electron chi connectivity index (χ4n) is 1.17. The molecule has 14 heteroatoms.